The molecule has 1 saturated heterocycles. The van der Waals surface area contributed by atoms with Crippen molar-refractivity contribution in [3.63, 3.8) is 0 Å². The molecule has 6 nitrogen and oxygen atoms in total. The molecule has 1 aromatic heterocycles. The number of piperazine rings is 1. The summed E-state index contributed by atoms with van der Waals surface area (Å²) in [5.41, 5.74) is 0. The number of hydrogen-bond donors (Lipinski definition) is 1. The van der Waals surface area contributed by atoms with E-state index in [1.54, 1.807) is 18.3 Å². The topological polar surface area (TPSA) is 60.8 Å². The van der Waals surface area contributed by atoms with Crippen LogP contribution in [0.25, 0.3) is 0 Å². The van der Waals surface area contributed by atoms with Gasteiger partial charge in [0.1, 0.15) is 0 Å². The largest absolute Gasteiger partial charge is 0.357 e. The van der Waals surface area contributed by atoms with Gasteiger partial charge in [-0.25, -0.2) is 4.98 Å². The number of guanidine groups is 1. The number of rotatable bonds is 4. The fourth-order valence-corrected chi connectivity index (χ4v) is 3.21. The summed E-state index contributed by atoms with van der Waals surface area (Å²) in [5.74, 6) is 1.10. The first-order chi connectivity index (χ1) is 10.6. The molecule has 1 aliphatic rings. The van der Waals surface area contributed by atoms with Gasteiger partial charge in [-0.3, -0.25) is 9.79 Å². The van der Waals surface area contributed by atoms with Crippen LogP contribution in [0.3, 0.4) is 0 Å². The number of amides is 1. The molecule has 0 bridgehead atoms. The molecule has 0 saturated carbocycles. The summed E-state index contributed by atoms with van der Waals surface area (Å²) in [4.78, 5) is 25.8. The summed E-state index contributed by atoms with van der Waals surface area (Å²) in [6.07, 6.45) is 2.79. The zero-order valence-corrected chi connectivity index (χ0v) is 14.4. The molecule has 2 heterocycles. The van der Waals surface area contributed by atoms with Crippen LogP contribution in [0.4, 0.5) is 0 Å². The van der Waals surface area contributed by atoms with Gasteiger partial charge in [0.05, 0.1) is 5.01 Å². The third kappa shape index (κ3) is 4.69. The predicted octanol–water partition coefficient (Wildman–Crippen LogP) is 1.12. The van der Waals surface area contributed by atoms with Gasteiger partial charge in [-0.2, -0.15) is 0 Å². The Morgan fingerprint density at radius 3 is 2.59 bits per heavy atom. The summed E-state index contributed by atoms with van der Waals surface area (Å²) >= 11 is 1.73. The smallest absolute Gasteiger partial charge is 0.219 e. The Bertz CT molecular complexity index is 520. The Morgan fingerprint density at radius 2 is 2.05 bits per heavy atom. The molecule has 0 unspecified atom stereocenters. The van der Waals surface area contributed by atoms with Gasteiger partial charge in [0.15, 0.2) is 5.96 Å². The molecule has 1 aromatic rings. The van der Waals surface area contributed by atoms with Gasteiger partial charge in [0.25, 0.3) is 0 Å². The van der Waals surface area contributed by atoms with Crippen molar-refractivity contribution in [2.45, 2.75) is 27.2 Å². The minimum Gasteiger partial charge on any atom is -0.357 e. The number of nitrogens with one attached hydrogen (secondary N) is 1. The monoisotopic (exact) mass is 323 g/mol. The number of aromatic nitrogens is 1. The van der Waals surface area contributed by atoms with Gasteiger partial charge >= 0.3 is 0 Å². The van der Waals surface area contributed by atoms with Gasteiger partial charge in [0, 0.05) is 63.7 Å². The van der Waals surface area contributed by atoms with Gasteiger partial charge in [0.2, 0.25) is 5.91 Å². The molecular weight excluding hydrogens is 298 g/mol. The summed E-state index contributed by atoms with van der Waals surface area (Å²) in [6.45, 7) is 10.6. The molecule has 2 rings (SSSR count). The van der Waals surface area contributed by atoms with Crippen LogP contribution in [0.15, 0.2) is 11.2 Å². The molecule has 0 spiro atoms. The number of aliphatic imine (C=N–C) groups is 1. The first kappa shape index (κ1) is 16.7. The molecule has 0 aliphatic carbocycles. The van der Waals surface area contributed by atoms with Crippen LogP contribution < -0.4 is 5.32 Å². The van der Waals surface area contributed by atoms with Crippen molar-refractivity contribution < 1.29 is 4.79 Å². The Hall–Kier alpha value is -1.63. The molecule has 0 radical (unpaired) electrons. The first-order valence-electron chi connectivity index (χ1n) is 7.80. The van der Waals surface area contributed by atoms with Crippen LogP contribution in [0.2, 0.25) is 0 Å². The van der Waals surface area contributed by atoms with E-state index in [1.165, 1.54) is 4.88 Å². The highest BCUT2D eigenvalue weighted by Gasteiger charge is 2.20. The van der Waals surface area contributed by atoms with E-state index in [-0.39, 0.29) is 5.91 Å². The summed E-state index contributed by atoms with van der Waals surface area (Å²) < 4.78 is 0. The Morgan fingerprint density at radius 1 is 1.36 bits per heavy atom. The molecule has 1 aliphatic heterocycles. The van der Waals surface area contributed by atoms with Gasteiger partial charge in [-0.1, -0.05) is 0 Å². The minimum absolute atomic E-state index is 0.153. The van der Waals surface area contributed by atoms with Crippen molar-refractivity contribution in [3.8, 4) is 0 Å². The Kier molecular flexibility index (Phi) is 6.18. The quantitative estimate of drug-likeness (QED) is 0.666. The standard InChI is InChI=1S/C15H25N5OS/c1-4-16-15(17-6-5-14-18-11-12(2)22-14)20-9-7-19(8-10-20)13(3)21/h11H,4-10H2,1-3H3,(H,16,17). The maximum Gasteiger partial charge on any atom is 0.219 e. The molecule has 0 atom stereocenters. The lowest BCUT2D eigenvalue weighted by molar-refractivity contribution is -0.130. The van der Waals surface area contributed by atoms with Crippen LogP contribution in [0, 0.1) is 6.92 Å². The highest BCUT2D eigenvalue weighted by Crippen LogP contribution is 2.11. The van der Waals surface area contributed by atoms with Crippen molar-refractivity contribution in [1.82, 2.24) is 20.1 Å². The number of thiazole rings is 1. The maximum absolute atomic E-state index is 11.4. The van der Waals surface area contributed by atoms with Crippen molar-refractivity contribution in [1.29, 1.82) is 0 Å². The van der Waals surface area contributed by atoms with Crippen molar-refractivity contribution in [2.24, 2.45) is 4.99 Å². The minimum atomic E-state index is 0.153. The van der Waals surface area contributed by atoms with Crippen LogP contribution in [-0.4, -0.2) is 65.9 Å². The number of carbonyl (C=O) groups is 1. The van der Waals surface area contributed by atoms with Crippen LogP contribution in [-0.2, 0) is 11.2 Å². The zero-order valence-electron chi connectivity index (χ0n) is 13.6. The molecular formula is C15H25N5OS. The second-order valence-electron chi connectivity index (χ2n) is 5.34. The van der Waals surface area contributed by atoms with E-state index in [0.717, 1.165) is 56.7 Å². The predicted molar refractivity (Wildman–Crippen MR) is 90.4 cm³/mol. The van der Waals surface area contributed by atoms with Crippen molar-refractivity contribution >= 4 is 23.2 Å². The van der Waals surface area contributed by atoms with E-state index in [2.05, 4.69) is 29.0 Å². The normalized spacial score (nSPS) is 16.0. The lowest BCUT2D eigenvalue weighted by Crippen LogP contribution is -2.53. The second-order valence-corrected chi connectivity index (χ2v) is 6.66. The summed E-state index contributed by atoms with van der Waals surface area (Å²) in [6, 6.07) is 0. The van der Waals surface area contributed by atoms with E-state index in [4.69, 9.17) is 4.99 Å². The van der Waals surface area contributed by atoms with Crippen LogP contribution in [0.1, 0.15) is 23.7 Å². The summed E-state index contributed by atoms with van der Waals surface area (Å²) in [7, 11) is 0. The van der Waals surface area contributed by atoms with Crippen molar-refractivity contribution in [3.05, 3.63) is 16.1 Å². The SMILES string of the molecule is CCNC(=NCCc1ncc(C)s1)N1CCN(C(C)=O)CC1. The van der Waals surface area contributed by atoms with Gasteiger partial charge in [-0.05, 0) is 13.8 Å². The van der Waals surface area contributed by atoms with Crippen molar-refractivity contribution in [2.75, 3.05) is 39.3 Å². The van der Waals surface area contributed by atoms with Crippen LogP contribution >= 0.6 is 11.3 Å². The third-order valence-electron chi connectivity index (χ3n) is 3.62. The zero-order chi connectivity index (χ0) is 15.9. The number of carbonyl (C=O) groups excluding carboxylic acids is 1. The Balaban J connectivity index is 1.88. The van der Waals surface area contributed by atoms with E-state index in [0.29, 0.717) is 0 Å². The third-order valence-corrected chi connectivity index (χ3v) is 4.59. The van der Waals surface area contributed by atoms with Gasteiger partial charge in [-0.15, -0.1) is 11.3 Å². The van der Waals surface area contributed by atoms with E-state index in [1.807, 2.05) is 11.1 Å². The highest BCUT2D eigenvalue weighted by molar-refractivity contribution is 7.11. The van der Waals surface area contributed by atoms with Crippen LogP contribution in [0.5, 0.6) is 0 Å². The fourth-order valence-electron chi connectivity index (χ4n) is 2.43. The highest BCUT2D eigenvalue weighted by atomic mass is 32.1. The second kappa shape index (κ2) is 8.12. The lowest BCUT2D eigenvalue weighted by atomic mass is 10.3. The number of aryl methyl sites for hydroxylation is 1. The molecule has 1 amide bonds. The summed E-state index contributed by atoms with van der Waals surface area (Å²) in [5, 5.41) is 4.48. The lowest BCUT2D eigenvalue weighted by Gasteiger charge is -2.36. The fraction of sp³-hybridized carbons (Fsp3) is 0.667. The van der Waals surface area contributed by atoms with E-state index >= 15 is 0 Å². The molecule has 1 fully saturated rings. The van der Waals surface area contributed by atoms with E-state index < -0.39 is 0 Å². The Labute approximate surface area is 136 Å². The molecule has 0 aromatic carbocycles. The number of hydrogen-bond acceptors (Lipinski definition) is 4. The first-order valence-corrected chi connectivity index (χ1v) is 8.62. The number of nitrogens with zero attached hydrogens (tertiary/aromatic N) is 4. The molecule has 1 N–H and O–H groups in total. The molecule has 7 heteroatoms. The van der Waals surface area contributed by atoms with E-state index in [9.17, 15) is 4.79 Å². The average molecular weight is 323 g/mol. The van der Waals surface area contributed by atoms with Gasteiger partial charge < -0.3 is 15.1 Å². The molecule has 122 valence electrons. The average Bonchev–Trinajstić information content (AvgIpc) is 2.92. The maximum atomic E-state index is 11.4. The molecule has 22 heavy (non-hydrogen) atoms.